The minimum atomic E-state index is -0.0106. The van der Waals surface area contributed by atoms with Crippen molar-refractivity contribution in [3.63, 3.8) is 0 Å². The number of aromatic nitrogens is 1. The zero-order chi connectivity index (χ0) is 13.9. The summed E-state index contributed by atoms with van der Waals surface area (Å²) < 4.78 is 0. The molecule has 1 heterocycles. The van der Waals surface area contributed by atoms with Gasteiger partial charge in [0.25, 0.3) is 0 Å². The number of fused-ring (bicyclic) bond motifs is 1. The van der Waals surface area contributed by atoms with Gasteiger partial charge >= 0.3 is 0 Å². The van der Waals surface area contributed by atoms with Gasteiger partial charge in [0.05, 0.1) is 0 Å². The van der Waals surface area contributed by atoms with Gasteiger partial charge in [-0.05, 0) is 40.8 Å². The molecule has 2 aromatic carbocycles. The van der Waals surface area contributed by atoms with E-state index < -0.39 is 0 Å². The van der Waals surface area contributed by atoms with Gasteiger partial charge in [0, 0.05) is 18.4 Å². The van der Waals surface area contributed by atoms with Crippen molar-refractivity contribution < 1.29 is 0 Å². The summed E-state index contributed by atoms with van der Waals surface area (Å²) in [6.07, 6.45) is 4.54. The Labute approximate surface area is 119 Å². The summed E-state index contributed by atoms with van der Waals surface area (Å²) in [5, 5.41) is 2.53. The maximum Gasteiger partial charge on any atom is 0.0351 e. The van der Waals surface area contributed by atoms with E-state index in [9.17, 15) is 0 Å². The minimum Gasteiger partial charge on any atom is -0.324 e. The van der Waals surface area contributed by atoms with Crippen molar-refractivity contribution in [1.82, 2.24) is 4.98 Å². The molecule has 2 heteroatoms. The molecular formula is C18H18N2. The van der Waals surface area contributed by atoms with E-state index in [1.807, 2.05) is 19.3 Å². The molecule has 0 amide bonds. The lowest BCUT2D eigenvalue weighted by molar-refractivity contribution is 0.717. The van der Waals surface area contributed by atoms with Crippen molar-refractivity contribution in [2.75, 3.05) is 0 Å². The fraction of sp³-hybridized carbons (Fsp3) is 0.167. The zero-order valence-corrected chi connectivity index (χ0v) is 11.6. The Bertz CT molecular complexity index is 734. The quantitative estimate of drug-likeness (QED) is 0.780. The van der Waals surface area contributed by atoms with Gasteiger partial charge in [-0.3, -0.25) is 4.98 Å². The third kappa shape index (κ3) is 2.70. The Morgan fingerprint density at radius 1 is 1.00 bits per heavy atom. The molecule has 20 heavy (non-hydrogen) atoms. The summed E-state index contributed by atoms with van der Waals surface area (Å²) >= 11 is 0. The van der Waals surface area contributed by atoms with Crippen molar-refractivity contribution in [3.05, 3.63) is 77.6 Å². The summed E-state index contributed by atoms with van der Waals surface area (Å²) in [6.45, 7) is 2.04. The molecule has 1 aromatic heterocycles. The number of rotatable bonds is 3. The average Bonchev–Trinajstić information content (AvgIpc) is 2.47. The summed E-state index contributed by atoms with van der Waals surface area (Å²) in [7, 11) is 0. The smallest absolute Gasteiger partial charge is 0.0351 e. The molecule has 2 nitrogen and oxygen atoms in total. The molecule has 0 radical (unpaired) electrons. The standard InChI is InChI=1S/C18H18N2/c1-13-8-17(12-20-11-13)18(19)10-14-6-7-15-4-2-3-5-16(15)9-14/h2-9,11-12,18H,10,19H2,1H3. The van der Waals surface area contributed by atoms with Crippen LogP contribution in [0.1, 0.15) is 22.7 Å². The third-order valence-electron chi connectivity index (χ3n) is 3.59. The van der Waals surface area contributed by atoms with Crippen LogP contribution in [0.4, 0.5) is 0 Å². The van der Waals surface area contributed by atoms with Gasteiger partial charge in [-0.25, -0.2) is 0 Å². The van der Waals surface area contributed by atoms with Crippen molar-refractivity contribution >= 4 is 10.8 Å². The van der Waals surface area contributed by atoms with Gasteiger partial charge in [0.15, 0.2) is 0 Å². The molecule has 1 unspecified atom stereocenters. The summed E-state index contributed by atoms with van der Waals surface area (Å²) in [5.41, 5.74) is 9.81. The van der Waals surface area contributed by atoms with Gasteiger partial charge < -0.3 is 5.73 Å². The molecule has 0 aliphatic rings. The Balaban J connectivity index is 1.85. The van der Waals surface area contributed by atoms with Gasteiger partial charge in [0.2, 0.25) is 0 Å². The van der Waals surface area contributed by atoms with Crippen molar-refractivity contribution in [3.8, 4) is 0 Å². The molecule has 0 fully saturated rings. The molecule has 0 aliphatic heterocycles. The number of benzene rings is 2. The molecule has 3 rings (SSSR count). The van der Waals surface area contributed by atoms with Crippen LogP contribution in [0.5, 0.6) is 0 Å². The van der Waals surface area contributed by atoms with E-state index in [1.54, 1.807) is 0 Å². The zero-order valence-electron chi connectivity index (χ0n) is 11.6. The number of hydrogen-bond acceptors (Lipinski definition) is 2. The highest BCUT2D eigenvalue weighted by molar-refractivity contribution is 5.83. The SMILES string of the molecule is Cc1cncc(C(N)Cc2ccc3ccccc3c2)c1. The van der Waals surface area contributed by atoms with Crippen LogP contribution in [-0.2, 0) is 6.42 Å². The molecule has 0 saturated heterocycles. The maximum absolute atomic E-state index is 6.30. The third-order valence-corrected chi connectivity index (χ3v) is 3.59. The molecule has 100 valence electrons. The lowest BCUT2D eigenvalue weighted by Gasteiger charge is -2.13. The molecule has 0 spiro atoms. The highest BCUT2D eigenvalue weighted by Crippen LogP contribution is 2.20. The van der Waals surface area contributed by atoms with Crippen molar-refractivity contribution in [2.45, 2.75) is 19.4 Å². The molecule has 1 atom stereocenters. The van der Waals surface area contributed by atoms with Crippen LogP contribution in [-0.4, -0.2) is 4.98 Å². The lowest BCUT2D eigenvalue weighted by atomic mass is 9.98. The van der Waals surface area contributed by atoms with Crippen molar-refractivity contribution in [1.29, 1.82) is 0 Å². The van der Waals surface area contributed by atoms with E-state index in [2.05, 4.69) is 53.5 Å². The predicted octanol–water partition coefficient (Wildman–Crippen LogP) is 3.79. The summed E-state index contributed by atoms with van der Waals surface area (Å²) in [6, 6.07) is 17.0. The Kier molecular flexibility index (Phi) is 3.48. The number of aryl methyl sites for hydroxylation is 1. The minimum absolute atomic E-state index is 0.0106. The molecule has 0 aliphatic carbocycles. The van der Waals surface area contributed by atoms with Gasteiger partial charge in [-0.2, -0.15) is 0 Å². The summed E-state index contributed by atoms with van der Waals surface area (Å²) in [4.78, 5) is 4.22. The Hall–Kier alpha value is -2.19. The number of nitrogens with zero attached hydrogens (tertiary/aromatic N) is 1. The van der Waals surface area contributed by atoms with Crippen LogP contribution < -0.4 is 5.73 Å². The average molecular weight is 262 g/mol. The highest BCUT2D eigenvalue weighted by Gasteiger charge is 2.08. The highest BCUT2D eigenvalue weighted by atomic mass is 14.7. The number of nitrogens with two attached hydrogens (primary N) is 1. The molecule has 2 N–H and O–H groups in total. The number of hydrogen-bond donors (Lipinski definition) is 1. The molecule has 3 aromatic rings. The first-order chi connectivity index (χ1) is 9.72. The molecule has 0 saturated carbocycles. The van der Waals surface area contributed by atoms with E-state index in [4.69, 9.17) is 5.73 Å². The van der Waals surface area contributed by atoms with Gasteiger partial charge in [-0.15, -0.1) is 0 Å². The second-order valence-corrected chi connectivity index (χ2v) is 5.29. The van der Waals surface area contributed by atoms with Crippen LogP contribution >= 0.6 is 0 Å². The first kappa shape index (κ1) is 12.8. The number of pyridine rings is 1. The Morgan fingerprint density at radius 3 is 2.60 bits per heavy atom. The first-order valence-electron chi connectivity index (χ1n) is 6.87. The fourth-order valence-corrected chi connectivity index (χ4v) is 2.52. The van der Waals surface area contributed by atoms with Gasteiger partial charge in [-0.1, -0.05) is 48.5 Å². The van der Waals surface area contributed by atoms with E-state index in [0.29, 0.717) is 0 Å². The second-order valence-electron chi connectivity index (χ2n) is 5.29. The Morgan fingerprint density at radius 2 is 1.80 bits per heavy atom. The second kappa shape index (κ2) is 5.43. The monoisotopic (exact) mass is 262 g/mol. The fourth-order valence-electron chi connectivity index (χ4n) is 2.52. The van der Waals surface area contributed by atoms with Crippen LogP contribution in [0.2, 0.25) is 0 Å². The molecular weight excluding hydrogens is 244 g/mol. The topological polar surface area (TPSA) is 38.9 Å². The van der Waals surface area contributed by atoms with E-state index in [1.165, 1.54) is 16.3 Å². The first-order valence-corrected chi connectivity index (χ1v) is 6.87. The largest absolute Gasteiger partial charge is 0.324 e. The summed E-state index contributed by atoms with van der Waals surface area (Å²) in [5.74, 6) is 0. The van der Waals surface area contributed by atoms with E-state index in [-0.39, 0.29) is 6.04 Å². The van der Waals surface area contributed by atoms with Crippen LogP contribution in [0.3, 0.4) is 0 Å². The van der Waals surface area contributed by atoms with Crippen LogP contribution in [0.15, 0.2) is 60.9 Å². The van der Waals surface area contributed by atoms with Crippen molar-refractivity contribution in [2.24, 2.45) is 5.73 Å². The normalized spacial score (nSPS) is 12.5. The van der Waals surface area contributed by atoms with Crippen LogP contribution in [0, 0.1) is 6.92 Å². The van der Waals surface area contributed by atoms with Crippen LogP contribution in [0.25, 0.3) is 10.8 Å². The molecule has 0 bridgehead atoms. The van der Waals surface area contributed by atoms with E-state index in [0.717, 1.165) is 17.5 Å². The van der Waals surface area contributed by atoms with E-state index >= 15 is 0 Å². The lowest BCUT2D eigenvalue weighted by Crippen LogP contribution is -2.13. The predicted molar refractivity (Wildman–Crippen MR) is 83.6 cm³/mol. The van der Waals surface area contributed by atoms with Gasteiger partial charge in [0.1, 0.15) is 0 Å². The maximum atomic E-state index is 6.30.